The highest BCUT2D eigenvalue weighted by Gasteiger charge is 2.50. The van der Waals surface area contributed by atoms with E-state index in [0.29, 0.717) is 12.2 Å². The quantitative estimate of drug-likeness (QED) is 0.304. The Hall–Kier alpha value is -1.54. The third-order valence-electron chi connectivity index (χ3n) is 4.27. The fourth-order valence-corrected chi connectivity index (χ4v) is 3.35. The molecule has 0 saturated heterocycles. The number of carboxylic acids is 2. The molecule has 0 aromatic carbocycles. The maximum atomic E-state index is 12.0. The van der Waals surface area contributed by atoms with Crippen molar-refractivity contribution in [2.45, 2.75) is 52.0 Å². The maximum Gasteiger partial charge on any atom is 0.352 e. The van der Waals surface area contributed by atoms with E-state index in [9.17, 15) is 19.5 Å². The van der Waals surface area contributed by atoms with Crippen LogP contribution in [-0.2, 0) is 14.4 Å². The van der Waals surface area contributed by atoms with E-state index in [1.165, 1.54) is 11.8 Å². The number of allylic oxidation sites excluding steroid dienone is 1. The number of rotatable bonds is 12. The van der Waals surface area contributed by atoms with Crippen LogP contribution in [0.5, 0.6) is 0 Å². The molecular weight excluding hydrogens is 344 g/mol. The molecule has 142 valence electrons. The lowest BCUT2D eigenvalue weighted by Gasteiger charge is -2.07. The summed E-state index contributed by atoms with van der Waals surface area (Å²) >= 11 is 1.50. The Kier molecular flexibility index (Phi) is 8.44. The first-order valence-electron chi connectivity index (χ1n) is 8.45. The van der Waals surface area contributed by atoms with Crippen molar-refractivity contribution < 1.29 is 24.6 Å². The lowest BCUT2D eigenvalue weighted by atomic mass is 10.1. The van der Waals surface area contributed by atoms with Gasteiger partial charge in [0.25, 0.3) is 0 Å². The van der Waals surface area contributed by atoms with Crippen LogP contribution in [0.1, 0.15) is 46.0 Å². The van der Waals surface area contributed by atoms with E-state index in [0.717, 1.165) is 31.4 Å². The average molecular weight is 372 g/mol. The van der Waals surface area contributed by atoms with E-state index >= 15 is 0 Å². The van der Waals surface area contributed by atoms with Crippen LogP contribution in [0.25, 0.3) is 0 Å². The molecule has 0 bridgehead atoms. The molecule has 0 spiro atoms. The third-order valence-corrected chi connectivity index (χ3v) is 5.45. The van der Waals surface area contributed by atoms with Gasteiger partial charge in [0.2, 0.25) is 5.91 Å². The van der Waals surface area contributed by atoms with E-state index in [-0.39, 0.29) is 22.9 Å². The Balaban J connectivity index is 2.20. The predicted molar refractivity (Wildman–Crippen MR) is 97.2 cm³/mol. The molecule has 7 nitrogen and oxygen atoms in total. The van der Waals surface area contributed by atoms with Crippen LogP contribution in [0.3, 0.4) is 0 Å². The number of aliphatic carboxylic acids is 2. The van der Waals surface area contributed by atoms with E-state index in [1.54, 1.807) is 6.08 Å². The van der Waals surface area contributed by atoms with Gasteiger partial charge in [-0.25, -0.2) is 4.79 Å². The first-order chi connectivity index (χ1) is 11.6. The zero-order chi connectivity index (χ0) is 19.0. The van der Waals surface area contributed by atoms with Crippen LogP contribution in [0.2, 0.25) is 0 Å². The SMILES string of the molecule is CC1(C)CC1C(=O)N/C(=C\CCCCCSCC(N)C(=O)O)C(=O)O. The molecule has 1 saturated carbocycles. The Morgan fingerprint density at radius 3 is 2.44 bits per heavy atom. The molecule has 0 aromatic heterocycles. The van der Waals surface area contributed by atoms with Gasteiger partial charge in [0.1, 0.15) is 11.7 Å². The minimum atomic E-state index is -1.12. The third kappa shape index (κ3) is 7.92. The van der Waals surface area contributed by atoms with Gasteiger partial charge in [0, 0.05) is 11.7 Å². The van der Waals surface area contributed by atoms with Gasteiger partial charge in [-0.15, -0.1) is 0 Å². The summed E-state index contributed by atoms with van der Waals surface area (Å²) in [7, 11) is 0. The van der Waals surface area contributed by atoms with Crippen LogP contribution in [0.4, 0.5) is 0 Å². The lowest BCUT2D eigenvalue weighted by Crippen LogP contribution is -2.32. The summed E-state index contributed by atoms with van der Waals surface area (Å²) in [6.45, 7) is 3.98. The second-order valence-corrected chi connectivity index (χ2v) is 8.18. The van der Waals surface area contributed by atoms with Crippen molar-refractivity contribution in [1.29, 1.82) is 0 Å². The van der Waals surface area contributed by atoms with Crippen LogP contribution in [0, 0.1) is 11.3 Å². The van der Waals surface area contributed by atoms with Crippen molar-refractivity contribution in [1.82, 2.24) is 5.32 Å². The molecule has 1 aliphatic carbocycles. The van der Waals surface area contributed by atoms with Gasteiger partial charge < -0.3 is 21.3 Å². The van der Waals surface area contributed by atoms with Crippen LogP contribution in [0.15, 0.2) is 11.8 Å². The summed E-state index contributed by atoms with van der Waals surface area (Å²) in [5, 5.41) is 20.4. The van der Waals surface area contributed by atoms with Crippen molar-refractivity contribution in [3.63, 3.8) is 0 Å². The molecule has 1 fully saturated rings. The van der Waals surface area contributed by atoms with Crippen molar-refractivity contribution in [2.24, 2.45) is 17.1 Å². The summed E-state index contributed by atoms with van der Waals surface area (Å²) in [6.07, 6.45) is 5.55. The highest BCUT2D eigenvalue weighted by atomic mass is 32.2. The number of carboxylic acid groups (broad SMARTS) is 2. The molecule has 5 N–H and O–H groups in total. The number of thioether (sulfide) groups is 1. The highest BCUT2D eigenvalue weighted by molar-refractivity contribution is 7.99. The molecule has 2 atom stereocenters. The van der Waals surface area contributed by atoms with Crippen molar-refractivity contribution in [3.8, 4) is 0 Å². The fourth-order valence-electron chi connectivity index (χ4n) is 2.38. The molecule has 0 aliphatic heterocycles. The van der Waals surface area contributed by atoms with Gasteiger partial charge >= 0.3 is 11.9 Å². The number of amides is 1. The van der Waals surface area contributed by atoms with Crippen LogP contribution < -0.4 is 11.1 Å². The average Bonchev–Trinajstić information content (AvgIpc) is 3.16. The summed E-state index contributed by atoms with van der Waals surface area (Å²) < 4.78 is 0. The number of unbranched alkanes of at least 4 members (excludes halogenated alkanes) is 3. The smallest absolute Gasteiger partial charge is 0.352 e. The fraction of sp³-hybridized carbons (Fsp3) is 0.706. The summed E-state index contributed by atoms with van der Waals surface area (Å²) in [4.78, 5) is 33.8. The molecule has 0 aromatic rings. The zero-order valence-corrected chi connectivity index (χ0v) is 15.6. The molecule has 8 heteroatoms. The Bertz CT molecular complexity index is 533. The topological polar surface area (TPSA) is 130 Å². The molecule has 1 rings (SSSR count). The van der Waals surface area contributed by atoms with E-state index in [1.807, 2.05) is 13.8 Å². The second kappa shape index (κ2) is 9.82. The van der Waals surface area contributed by atoms with Gasteiger partial charge in [0.15, 0.2) is 0 Å². The molecule has 2 unspecified atom stereocenters. The number of carbonyl (C=O) groups excluding carboxylic acids is 1. The lowest BCUT2D eigenvalue weighted by molar-refractivity contribution is -0.138. The molecule has 1 aliphatic rings. The van der Waals surface area contributed by atoms with Gasteiger partial charge in [-0.1, -0.05) is 26.3 Å². The largest absolute Gasteiger partial charge is 0.480 e. The van der Waals surface area contributed by atoms with Crippen molar-refractivity contribution in [3.05, 3.63) is 11.8 Å². The minimum Gasteiger partial charge on any atom is -0.480 e. The molecule has 1 amide bonds. The van der Waals surface area contributed by atoms with Crippen molar-refractivity contribution in [2.75, 3.05) is 11.5 Å². The monoisotopic (exact) mass is 372 g/mol. The predicted octanol–water partition coefficient (Wildman–Crippen LogP) is 1.82. The minimum absolute atomic E-state index is 0.0332. The molecule has 0 radical (unpaired) electrons. The highest BCUT2D eigenvalue weighted by Crippen LogP contribution is 2.51. The second-order valence-electron chi connectivity index (χ2n) is 7.03. The van der Waals surface area contributed by atoms with Gasteiger partial charge in [-0.3, -0.25) is 9.59 Å². The Labute approximate surface area is 152 Å². The Morgan fingerprint density at radius 2 is 1.92 bits per heavy atom. The summed E-state index contributed by atoms with van der Waals surface area (Å²) in [6, 6.07) is -0.828. The van der Waals surface area contributed by atoms with E-state index in [2.05, 4.69) is 5.32 Å². The number of nitrogens with one attached hydrogen (secondary N) is 1. The molecule has 25 heavy (non-hydrogen) atoms. The van der Waals surface area contributed by atoms with E-state index < -0.39 is 18.0 Å². The van der Waals surface area contributed by atoms with E-state index in [4.69, 9.17) is 10.8 Å². The molecular formula is C17H28N2O5S. The summed E-state index contributed by atoms with van der Waals surface area (Å²) in [5.74, 6) is -1.22. The normalized spacial score (nSPS) is 20.0. The molecule has 0 heterocycles. The summed E-state index contributed by atoms with van der Waals surface area (Å²) in [5.41, 5.74) is 5.32. The first-order valence-corrected chi connectivity index (χ1v) is 9.61. The first kappa shape index (κ1) is 21.5. The van der Waals surface area contributed by atoms with Crippen LogP contribution in [-0.4, -0.2) is 45.6 Å². The maximum absolute atomic E-state index is 12.0. The number of nitrogens with two attached hydrogens (primary N) is 1. The standard InChI is InChI=1S/C17H28N2O5S/c1-17(2)9-11(17)14(20)19-13(16(23)24)7-5-3-4-6-8-25-10-12(18)15(21)22/h7,11-12H,3-6,8-10,18H2,1-2H3,(H,19,20)(H,21,22)(H,23,24)/b13-7-. The zero-order valence-electron chi connectivity index (χ0n) is 14.8. The number of hydrogen-bond acceptors (Lipinski definition) is 5. The van der Waals surface area contributed by atoms with Crippen LogP contribution >= 0.6 is 11.8 Å². The van der Waals surface area contributed by atoms with Gasteiger partial charge in [-0.05, 0) is 36.9 Å². The number of hydrogen-bond donors (Lipinski definition) is 4. The Morgan fingerprint density at radius 1 is 1.28 bits per heavy atom. The van der Waals surface area contributed by atoms with Gasteiger partial charge in [0.05, 0.1) is 0 Å². The number of carbonyl (C=O) groups is 3. The van der Waals surface area contributed by atoms with Gasteiger partial charge in [-0.2, -0.15) is 11.8 Å². The van der Waals surface area contributed by atoms with Crippen molar-refractivity contribution >= 4 is 29.6 Å².